The van der Waals surface area contributed by atoms with Crippen molar-refractivity contribution in [2.24, 2.45) is 0 Å². The van der Waals surface area contributed by atoms with Gasteiger partial charge in [0, 0.05) is 10.2 Å². The van der Waals surface area contributed by atoms with Crippen molar-refractivity contribution in [3.8, 4) is 5.75 Å². The van der Waals surface area contributed by atoms with Gasteiger partial charge in [-0.15, -0.1) is 0 Å². The fraction of sp³-hybridized carbons (Fsp3) is 0.133. The quantitative estimate of drug-likeness (QED) is 0.687. The fourth-order valence-electron chi connectivity index (χ4n) is 1.69. The first-order valence-electron chi connectivity index (χ1n) is 5.95. The van der Waals surface area contributed by atoms with E-state index in [1.165, 1.54) is 0 Å². The normalized spacial score (nSPS) is 10.1. The largest absolute Gasteiger partial charge is 0.497 e. The third-order valence-electron chi connectivity index (χ3n) is 2.74. The van der Waals surface area contributed by atoms with E-state index in [1.54, 1.807) is 25.3 Å². The van der Waals surface area contributed by atoms with Crippen LogP contribution in [-0.4, -0.2) is 13.1 Å². The fourth-order valence-corrected chi connectivity index (χ4v) is 2.06. The van der Waals surface area contributed by atoms with Gasteiger partial charge in [0.25, 0.3) is 0 Å². The summed E-state index contributed by atoms with van der Waals surface area (Å²) in [6, 6.07) is 12.4. The van der Waals surface area contributed by atoms with E-state index < -0.39 is 5.97 Å². The number of carbonyl (C=O) groups is 1. The van der Waals surface area contributed by atoms with Crippen molar-refractivity contribution >= 4 is 27.6 Å². The highest BCUT2D eigenvalue weighted by molar-refractivity contribution is 9.10. The molecule has 0 aliphatic carbocycles. The van der Waals surface area contributed by atoms with Gasteiger partial charge in [0.05, 0.1) is 12.7 Å². The molecule has 0 bridgehead atoms. The lowest BCUT2D eigenvalue weighted by Gasteiger charge is -2.08. The van der Waals surface area contributed by atoms with Gasteiger partial charge in [0.2, 0.25) is 0 Å². The summed E-state index contributed by atoms with van der Waals surface area (Å²) in [5, 5.41) is 0. The zero-order valence-electron chi connectivity index (χ0n) is 10.9. The second-order valence-corrected chi connectivity index (χ2v) is 5.07. The van der Waals surface area contributed by atoms with Crippen LogP contribution in [0.5, 0.6) is 5.75 Å². The van der Waals surface area contributed by atoms with E-state index in [9.17, 15) is 4.79 Å². The zero-order valence-corrected chi connectivity index (χ0v) is 12.5. The number of methoxy groups -OCH3 is 1. The first kappa shape index (κ1) is 14.4. The number of rotatable bonds is 4. The molecule has 0 aromatic heterocycles. The molecular weight excluding hydrogens is 322 g/mol. The van der Waals surface area contributed by atoms with E-state index >= 15 is 0 Å². The molecule has 20 heavy (non-hydrogen) atoms. The van der Waals surface area contributed by atoms with Crippen LogP contribution in [0.25, 0.3) is 0 Å². The van der Waals surface area contributed by atoms with Gasteiger partial charge in [0.15, 0.2) is 0 Å². The van der Waals surface area contributed by atoms with Crippen LogP contribution in [-0.2, 0) is 11.3 Å². The highest BCUT2D eigenvalue weighted by Gasteiger charge is 2.12. The summed E-state index contributed by atoms with van der Waals surface area (Å²) < 4.78 is 11.1. The zero-order chi connectivity index (χ0) is 14.5. The molecular formula is C15H14BrNO3. The third-order valence-corrected chi connectivity index (χ3v) is 3.23. The van der Waals surface area contributed by atoms with Crippen LogP contribution < -0.4 is 10.5 Å². The summed E-state index contributed by atoms with van der Waals surface area (Å²) in [5.41, 5.74) is 7.36. The number of nitrogens with two attached hydrogens (primary N) is 1. The van der Waals surface area contributed by atoms with E-state index in [4.69, 9.17) is 15.2 Å². The van der Waals surface area contributed by atoms with E-state index in [1.807, 2.05) is 24.3 Å². The number of anilines is 1. The maximum Gasteiger partial charge on any atom is 0.340 e. The summed E-state index contributed by atoms with van der Waals surface area (Å²) in [7, 11) is 1.59. The maximum absolute atomic E-state index is 12.0. The molecule has 2 N–H and O–H groups in total. The second kappa shape index (κ2) is 6.43. The number of carbonyl (C=O) groups excluding carboxylic acids is 1. The molecule has 0 unspecified atom stereocenters. The molecule has 0 aliphatic rings. The van der Waals surface area contributed by atoms with Gasteiger partial charge >= 0.3 is 5.97 Å². The lowest BCUT2D eigenvalue weighted by atomic mass is 10.2. The van der Waals surface area contributed by atoms with Crippen molar-refractivity contribution in [1.82, 2.24) is 0 Å². The minimum Gasteiger partial charge on any atom is -0.497 e. The van der Waals surface area contributed by atoms with Gasteiger partial charge in [0.1, 0.15) is 12.4 Å². The van der Waals surface area contributed by atoms with E-state index in [-0.39, 0.29) is 6.61 Å². The lowest BCUT2D eigenvalue weighted by Crippen LogP contribution is -2.08. The minimum absolute atomic E-state index is 0.169. The maximum atomic E-state index is 12.0. The van der Waals surface area contributed by atoms with Gasteiger partial charge in [-0.3, -0.25) is 0 Å². The lowest BCUT2D eigenvalue weighted by molar-refractivity contribution is 0.0473. The molecule has 4 nitrogen and oxygen atoms in total. The van der Waals surface area contributed by atoms with Crippen LogP contribution in [0.1, 0.15) is 15.9 Å². The predicted molar refractivity (Wildman–Crippen MR) is 80.7 cm³/mol. The summed E-state index contributed by atoms with van der Waals surface area (Å²) in [6.07, 6.45) is 0. The monoisotopic (exact) mass is 335 g/mol. The Hall–Kier alpha value is -2.01. The molecule has 0 atom stereocenters. The van der Waals surface area contributed by atoms with E-state index in [0.717, 1.165) is 15.8 Å². The number of esters is 1. The van der Waals surface area contributed by atoms with Crippen molar-refractivity contribution in [3.05, 3.63) is 58.1 Å². The SMILES string of the molecule is COc1cccc(COC(=O)c2cc(Br)ccc2N)c1. The van der Waals surface area contributed by atoms with E-state index in [0.29, 0.717) is 11.3 Å². The minimum atomic E-state index is -0.452. The van der Waals surface area contributed by atoms with Gasteiger partial charge < -0.3 is 15.2 Å². The highest BCUT2D eigenvalue weighted by atomic mass is 79.9. The van der Waals surface area contributed by atoms with Crippen molar-refractivity contribution < 1.29 is 14.3 Å². The Morgan fingerprint density at radius 2 is 2.05 bits per heavy atom. The summed E-state index contributed by atoms with van der Waals surface area (Å²) in [5.74, 6) is 0.270. The average molecular weight is 336 g/mol. The Labute approximate surface area is 125 Å². The van der Waals surface area contributed by atoms with Gasteiger partial charge in [-0.25, -0.2) is 4.79 Å². The standard InChI is InChI=1S/C15H14BrNO3/c1-19-12-4-2-3-10(7-12)9-20-15(18)13-8-11(16)5-6-14(13)17/h2-8H,9,17H2,1H3. The van der Waals surface area contributed by atoms with Crippen LogP contribution in [0.4, 0.5) is 5.69 Å². The van der Waals surface area contributed by atoms with Crippen molar-refractivity contribution in [3.63, 3.8) is 0 Å². The van der Waals surface area contributed by atoms with Crippen LogP contribution in [0.15, 0.2) is 46.9 Å². The Kier molecular flexibility index (Phi) is 4.63. The van der Waals surface area contributed by atoms with Crippen molar-refractivity contribution in [1.29, 1.82) is 0 Å². The van der Waals surface area contributed by atoms with Gasteiger partial charge in [-0.1, -0.05) is 28.1 Å². The highest BCUT2D eigenvalue weighted by Crippen LogP contribution is 2.20. The second-order valence-electron chi connectivity index (χ2n) is 4.16. The molecule has 0 amide bonds. The summed E-state index contributed by atoms with van der Waals surface area (Å²) in [4.78, 5) is 12.0. The molecule has 0 aliphatic heterocycles. The van der Waals surface area contributed by atoms with Crippen LogP contribution in [0, 0.1) is 0 Å². The molecule has 0 saturated carbocycles. The van der Waals surface area contributed by atoms with Gasteiger partial charge in [-0.05, 0) is 35.9 Å². The number of benzene rings is 2. The topological polar surface area (TPSA) is 61.5 Å². The number of ether oxygens (including phenoxy) is 2. The number of hydrogen-bond acceptors (Lipinski definition) is 4. The van der Waals surface area contributed by atoms with Crippen LogP contribution in [0.2, 0.25) is 0 Å². The number of hydrogen-bond donors (Lipinski definition) is 1. The van der Waals surface area contributed by atoms with E-state index in [2.05, 4.69) is 15.9 Å². The van der Waals surface area contributed by atoms with Crippen LogP contribution in [0.3, 0.4) is 0 Å². The molecule has 0 saturated heterocycles. The Morgan fingerprint density at radius 1 is 1.25 bits per heavy atom. The molecule has 0 radical (unpaired) electrons. The molecule has 0 fully saturated rings. The molecule has 2 aromatic carbocycles. The molecule has 0 spiro atoms. The molecule has 5 heteroatoms. The average Bonchev–Trinajstić information content (AvgIpc) is 2.47. The Morgan fingerprint density at radius 3 is 2.80 bits per heavy atom. The summed E-state index contributed by atoms with van der Waals surface area (Å²) in [6.45, 7) is 0.169. The first-order valence-corrected chi connectivity index (χ1v) is 6.74. The number of halogens is 1. The number of nitrogen functional groups attached to an aromatic ring is 1. The smallest absolute Gasteiger partial charge is 0.340 e. The van der Waals surface area contributed by atoms with Crippen LogP contribution >= 0.6 is 15.9 Å². The van der Waals surface area contributed by atoms with Crippen molar-refractivity contribution in [2.45, 2.75) is 6.61 Å². The molecule has 0 heterocycles. The Bertz CT molecular complexity index is 628. The predicted octanol–water partition coefficient (Wildman–Crippen LogP) is 3.40. The summed E-state index contributed by atoms with van der Waals surface area (Å²) >= 11 is 3.30. The van der Waals surface area contributed by atoms with Crippen molar-refractivity contribution in [2.75, 3.05) is 12.8 Å². The molecule has 104 valence electrons. The molecule has 2 rings (SSSR count). The third kappa shape index (κ3) is 3.51. The Balaban J connectivity index is 2.06. The van der Waals surface area contributed by atoms with Gasteiger partial charge in [-0.2, -0.15) is 0 Å². The first-order chi connectivity index (χ1) is 9.60. The molecule has 2 aromatic rings.